The zero-order valence-electron chi connectivity index (χ0n) is 10.7. The Morgan fingerprint density at radius 3 is 2.58 bits per heavy atom. The molecule has 1 aromatic rings. The SMILES string of the molecule is CNc1sc(S(=O)(=O)N(C)CC(C)O)cc1[N+](=O)[O-]. The van der Waals surface area contributed by atoms with Crippen molar-refractivity contribution in [1.29, 1.82) is 0 Å². The summed E-state index contributed by atoms with van der Waals surface area (Å²) in [4.78, 5) is 10.1. The lowest BCUT2D eigenvalue weighted by Crippen LogP contribution is -2.32. The molecule has 0 aliphatic carbocycles. The van der Waals surface area contributed by atoms with Crippen molar-refractivity contribution in [2.24, 2.45) is 0 Å². The average Bonchev–Trinajstić information content (AvgIpc) is 2.72. The summed E-state index contributed by atoms with van der Waals surface area (Å²) >= 11 is 0.786. The summed E-state index contributed by atoms with van der Waals surface area (Å²) in [5, 5.41) is 22.8. The Morgan fingerprint density at radius 2 is 2.21 bits per heavy atom. The Bertz CT molecular complexity index is 566. The Balaban J connectivity index is 3.19. The molecule has 0 radical (unpaired) electrons. The minimum absolute atomic E-state index is 0.0804. The van der Waals surface area contributed by atoms with Gasteiger partial charge in [-0.3, -0.25) is 10.1 Å². The molecule has 0 saturated carbocycles. The van der Waals surface area contributed by atoms with Gasteiger partial charge in [-0.25, -0.2) is 8.42 Å². The summed E-state index contributed by atoms with van der Waals surface area (Å²) in [6, 6.07) is 1.02. The second kappa shape index (κ2) is 5.82. The second-order valence-corrected chi connectivity index (χ2v) is 7.25. The predicted molar refractivity (Wildman–Crippen MR) is 72.0 cm³/mol. The van der Waals surface area contributed by atoms with Gasteiger partial charge in [0.15, 0.2) is 5.00 Å². The normalized spacial score (nSPS) is 13.5. The van der Waals surface area contributed by atoms with Crippen molar-refractivity contribution >= 4 is 32.0 Å². The molecule has 0 aliphatic rings. The fourth-order valence-corrected chi connectivity index (χ4v) is 4.17. The number of nitrogens with one attached hydrogen (secondary N) is 1. The Morgan fingerprint density at radius 1 is 1.63 bits per heavy atom. The quantitative estimate of drug-likeness (QED) is 0.591. The maximum atomic E-state index is 12.1. The van der Waals surface area contributed by atoms with Crippen LogP contribution in [0.4, 0.5) is 10.7 Å². The van der Waals surface area contributed by atoms with Gasteiger partial charge in [-0.15, -0.1) is 0 Å². The zero-order chi connectivity index (χ0) is 14.8. The van der Waals surface area contributed by atoms with Crippen LogP contribution >= 0.6 is 11.3 Å². The van der Waals surface area contributed by atoms with Gasteiger partial charge in [-0.05, 0) is 6.92 Å². The smallest absolute Gasteiger partial charge is 0.304 e. The number of aliphatic hydroxyl groups excluding tert-OH is 1. The summed E-state index contributed by atoms with van der Waals surface area (Å²) in [6.45, 7) is 1.38. The van der Waals surface area contributed by atoms with E-state index in [4.69, 9.17) is 0 Å². The van der Waals surface area contributed by atoms with E-state index in [1.165, 1.54) is 21.0 Å². The van der Waals surface area contributed by atoms with Gasteiger partial charge < -0.3 is 10.4 Å². The van der Waals surface area contributed by atoms with Crippen molar-refractivity contribution in [3.8, 4) is 0 Å². The summed E-state index contributed by atoms with van der Waals surface area (Å²) < 4.78 is 25.1. The van der Waals surface area contributed by atoms with Gasteiger partial charge in [0.25, 0.3) is 10.0 Å². The number of thiophene rings is 1. The standard InChI is InChI=1S/C9H15N3O5S2/c1-6(13)5-11(3)19(16,17)8-4-7(12(14)15)9(10-2)18-8/h4,6,10,13H,5H2,1-3H3. The van der Waals surface area contributed by atoms with Crippen LogP contribution in [0.2, 0.25) is 0 Å². The molecule has 2 N–H and O–H groups in total. The van der Waals surface area contributed by atoms with Crippen molar-refractivity contribution < 1.29 is 18.4 Å². The first-order valence-corrected chi connectivity index (χ1v) is 7.56. The van der Waals surface area contributed by atoms with Crippen LogP contribution in [0, 0.1) is 10.1 Å². The molecule has 0 spiro atoms. The van der Waals surface area contributed by atoms with E-state index in [1.54, 1.807) is 0 Å². The molecule has 8 nitrogen and oxygen atoms in total. The maximum absolute atomic E-state index is 12.1. The van der Waals surface area contributed by atoms with Gasteiger partial charge >= 0.3 is 5.69 Å². The van der Waals surface area contributed by atoms with Gasteiger partial charge in [0, 0.05) is 26.7 Å². The molecular formula is C9H15N3O5S2. The van der Waals surface area contributed by atoms with Gasteiger partial charge in [0.2, 0.25) is 0 Å². The highest BCUT2D eigenvalue weighted by Gasteiger charge is 2.29. The van der Waals surface area contributed by atoms with Gasteiger partial charge in [0.05, 0.1) is 11.0 Å². The number of hydrogen-bond acceptors (Lipinski definition) is 7. The molecule has 1 heterocycles. The first-order chi connectivity index (χ1) is 8.70. The Kier molecular flexibility index (Phi) is 4.85. The number of likely N-dealkylation sites (N-methyl/N-ethyl adjacent to an activating group) is 1. The molecule has 108 valence electrons. The number of aliphatic hydroxyl groups is 1. The van der Waals surface area contributed by atoms with Crippen LogP contribution < -0.4 is 5.32 Å². The molecule has 10 heteroatoms. The van der Waals surface area contributed by atoms with E-state index >= 15 is 0 Å². The van der Waals surface area contributed by atoms with Gasteiger partial charge in [-0.2, -0.15) is 4.31 Å². The fourth-order valence-electron chi connectivity index (χ4n) is 1.43. The van der Waals surface area contributed by atoms with E-state index in [1.807, 2.05) is 0 Å². The van der Waals surface area contributed by atoms with Crippen LogP contribution in [-0.4, -0.2) is 49.5 Å². The third-order valence-electron chi connectivity index (χ3n) is 2.30. The summed E-state index contributed by atoms with van der Waals surface area (Å²) in [5.74, 6) is 0. The number of rotatable bonds is 6. The Hall–Kier alpha value is -1.23. The van der Waals surface area contributed by atoms with E-state index in [9.17, 15) is 23.6 Å². The number of sulfonamides is 1. The highest BCUT2D eigenvalue weighted by Crippen LogP contribution is 2.37. The molecule has 0 bridgehead atoms. The van der Waals surface area contributed by atoms with Gasteiger partial charge in [-0.1, -0.05) is 11.3 Å². The van der Waals surface area contributed by atoms with E-state index < -0.39 is 21.1 Å². The van der Waals surface area contributed by atoms with Crippen LogP contribution in [0.1, 0.15) is 6.92 Å². The highest BCUT2D eigenvalue weighted by atomic mass is 32.2. The molecule has 0 saturated heterocycles. The van der Waals surface area contributed by atoms with E-state index in [0.717, 1.165) is 21.7 Å². The third-order valence-corrected chi connectivity index (χ3v) is 5.71. The molecule has 1 atom stereocenters. The number of anilines is 1. The largest absolute Gasteiger partial charge is 0.392 e. The monoisotopic (exact) mass is 309 g/mol. The maximum Gasteiger partial charge on any atom is 0.304 e. The summed E-state index contributed by atoms with van der Waals surface area (Å²) in [6.07, 6.45) is -0.821. The zero-order valence-corrected chi connectivity index (χ0v) is 12.3. The van der Waals surface area contributed by atoms with Crippen LogP contribution in [0.15, 0.2) is 10.3 Å². The molecule has 0 aliphatic heterocycles. The van der Waals surface area contributed by atoms with Crippen molar-refractivity contribution in [3.63, 3.8) is 0 Å². The Labute approximate surface area is 114 Å². The van der Waals surface area contributed by atoms with E-state index in [2.05, 4.69) is 5.32 Å². The summed E-state index contributed by atoms with van der Waals surface area (Å²) in [5.41, 5.74) is -0.281. The topological polar surface area (TPSA) is 113 Å². The molecule has 0 amide bonds. The summed E-state index contributed by atoms with van der Waals surface area (Å²) in [7, 11) is -1.04. The molecule has 19 heavy (non-hydrogen) atoms. The van der Waals surface area contributed by atoms with Crippen LogP contribution in [-0.2, 0) is 10.0 Å². The lowest BCUT2D eigenvalue weighted by Gasteiger charge is -2.17. The van der Waals surface area contributed by atoms with Crippen molar-refractivity contribution in [2.75, 3.05) is 26.0 Å². The van der Waals surface area contributed by atoms with E-state index in [-0.39, 0.29) is 21.4 Å². The van der Waals surface area contributed by atoms with Crippen molar-refractivity contribution in [3.05, 3.63) is 16.2 Å². The lowest BCUT2D eigenvalue weighted by atomic mass is 10.4. The highest BCUT2D eigenvalue weighted by molar-refractivity contribution is 7.91. The molecule has 0 aromatic carbocycles. The molecule has 1 unspecified atom stereocenters. The first kappa shape index (κ1) is 15.8. The number of hydrogen-bond donors (Lipinski definition) is 2. The number of nitro groups is 1. The van der Waals surface area contributed by atoms with E-state index in [0.29, 0.717) is 0 Å². The van der Waals surface area contributed by atoms with Crippen LogP contribution in [0.25, 0.3) is 0 Å². The minimum Gasteiger partial charge on any atom is -0.392 e. The number of nitrogens with zero attached hydrogens (tertiary/aromatic N) is 2. The predicted octanol–water partition coefficient (Wildman–Crippen LogP) is 0.699. The van der Waals surface area contributed by atoms with Crippen molar-refractivity contribution in [1.82, 2.24) is 4.31 Å². The average molecular weight is 309 g/mol. The molecule has 0 fully saturated rings. The fraction of sp³-hybridized carbons (Fsp3) is 0.556. The molecule has 1 rings (SSSR count). The third kappa shape index (κ3) is 3.41. The second-order valence-electron chi connectivity index (χ2n) is 3.92. The molecule has 1 aromatic heterocycles. The van der Waals surface area contributed by atoms with Crippen LogP contribution in [0.3, 0.4) is 0 Å². The lowest BCUT2D eigenvalue weighted by molar-refractivity contribution is -0.383. The van der Waals surface area contributed by atoms with Gasteiger partial charge in [0.1, 0.15) is 4.21 Å². The first-order valence-electron chi connectivity index (χ1n) is 5.30. The van der Waals surface area contributed by atoms with Crippen LogP contribution in [0.5, 0.6) is 0 Å². The van der Waals surface area contributed by atoms with Crippen molar-refractivity contribution in [2.45, 2.75) is 17.2 Å². The molecular weight excluding hydrogens is 294 g/mol. The minimum atomic E-state index is -3.83.